The van der Waals surface area contributed by atoms with Crippen LogP contribution in [0, 0.1) is 6.92 Å². The molecule has 0 bridgehead atoms. The molecular weight excluding hydrogens is 266 g/mol. The minimum Gasteiger partial charge on any atom is -0.349 e. The second-order valence-electron chi connectivity index (χ2n) is 6.40. The molecule has 0 radical (unpaired) electrons. The van der Waals surface area contributed by atoms with Crippen LogP contribution >= 0.6 is 0 Å². The van der Waals surface area contributed by atoms with Gasteiger partial charge in [0.2, 0.25) is 0 Å². The number of aryl methyl sites for hydroxylation is 1. The largest absolute Gasteiger partial charge is 0.349 e. The molecule has 2 aliphatic rings. The summed E-state index contributed by atoms with van der Waals surface area (Å²) in [6, 6.07) is 0. The zero-order valence-corrected chi connectivity index (χ0v) is 12.4. The van der Waals surface area contributed by atoms with Gasteiger partial charge in [-0.05, 0) is 24.3 Å². The first-order chi connectivity index (χ1) is 9.97. The fourth-order valence-corrected chi connectivity index (χ4v) is 3.41. The van der Waals surface area contributed by atoms with Gasteiger partial charge in [0.25, 0.3) is 5.91 Å². The molecule has 0 spiro atoms. The van der Waals surface area contributed by atoms with Crippen LogP contribution in [0.5, 0.6) is 0 Å². The molecule has 0 atom stereocenters. The Bertz CT molecular complexity index is 775. The van der Waals surface area contributed by atoms with Gasteiger partial charge in [0.1, 0.15) is 17.2 Å². The number of hydrogen-bond donors (Lipinski definition) is 1. The number of amides is 1. The highest BCUT2D eigenvalue weighted by Gasteiger charge is 2.40. The number of carbonyl (C=O) groups is 1. The van der Waals surface area contributed by atoms with Crippen LogP contribution in [0.15, 0.2) is 6.20 Å². The molecular formula is C15H17N5O. The van der Waals surface area contributed by atoms with Crippen LogP contribution in [-0.4, -0.2) is 32.2 Å². The molecule has 1 aliphatic heterocycles. The summed E-state index contributed by atoms with van der Waals surface area (Å²) in [4.78, 5) is 21.2. The minimum atomic E-state index is -0.150. The Morgan fingerprint density at radius 2 is 2.14 bits per heavy atom. The predicted molar refractivity (Wildman–Crippen MR) is 77.1 cm³/mol. The number of aromatic nitrogens is 4. The number of nitrogens with zero attached hydrogens (tertiary/aromatic N) is 4. The van der Waals surface area contributed by atoms with Crippen LogP contribution in [0.2, 0.25) is 0 Å². The van der Waals surface area contributed by atoms with Crippen LogP contribution < -0.4 is 5.32 Å². The van der Waals surface area contributed by atoms with Crippen molar-refractivity contribution in [3.8, 4) is 11.4 Å². The van der Waals surface area contributed by atoms with Gasteiger partial charge in [-0.15, -0.1) is 0 Å². The van der Waals surface area contributed by atoms with Crippen LogP contribution in [0.4, 0.5) is 0 Å². The van der Waals surface area contributed by atoms with Gasteiger partial charge in [-0.3, -0.25) is 9.48 Å². The van der Waals surface area contributed by atoms with Gasteiger partial charge in [0.05, 0.1) is 12.2 Å². The quantitative estimate of drug-likeness (QED) is 0.789. The van der Waals surface area contributed by atoms with E-state index in [1.165, 1.54) is 0 Å². The van der Waals surface area contributed by atoms with Gasteiger partial charge in [-0.1, -0.05) is 13.8 Å². The van der Waals surface area contributed by atoms with Crippen LogP contribution in [0.1, 0.15) is 41.3 Å². The van der Waals surface area contributed by atoms with Gasteiger partial charge in [0.15, 0.2) is 0 Å². The topological polar surface area (TPSA) is 72.7 Å². The SMILES string of the molecule is Cc1ncc2c(n1)-c1nn3c(c1C(C)(C)C2)C(=O)NCC3. The number of fused-ring (bicyclic) bond motifs is 5. The molecule has 6 nitrogen and oxygen atoms in total. The Balaban J connectivity index is 2.06. The van der Waals surface area contributed by atoms with E-state index in [-0.39, 0.29) is 11.3 Å². The van der Waals surface area contributed by atoms with Crippen molar-refractivity contribution >= 4 is 5.91 Å². The van der Waals surface area contributed by atoms with Gasteiger partial charge >= 0.3 is 0 Å². The molecule has 2 aromatic heterocycles. The number of rotatable bonds is 0. The maximum Gasteiger partial charge on any atom is 0.269 e. The molecule has 1 amide bonds. The Morgan fingerprint density at radius 1 is 1.33 bits per heavy atom. The Hall–Kier alpha value is -2.24. The fraction of sp³-hybridized carbons (Fsp3) is 0.467. The number of hydrogen-bond acceptors (Lipinski definition) is 4. The molecule has 0 unspecified atom stereocenters. The Morgan fingerprint density at radius 3 is 2.95 bits per heavy atom. The van der Waals surface area contributed by atoms with E-state index in [1.807, 2.05) is 17.8 Å². The molecule has 6 heteroatoms. The molecule has 0 fully saturated rings. The molecule has 108 valence electrons. The first kappa shape index (κ1) is 12.5. The Kier molecular flexibility index (Phi) is 2.32. The summed E-state index contributed by atoms with van der Waals surface area (Å²) in [6.07, 6.45) is 2.71. The van der Waals surface area contributed by atoms with E-state index >= 15 is 0 Å². The van der Waals surface area contributed by atoms with Crippen molar-refractivity contribution in [3.05, 3.63) is 28.8 Å². The monoisotopic (exact) mass is 283 g/mol. The van der Waals surface area contributed by atoms with Crippen molar-refractivity contribution in [2.45, 2.75) is 39.2 Å². The zero-order valence-electron chi connectivity index (χ0n) is 12.4. The molecule has 0 saturated heterocycles. The number of nitrogens with one attached hydrogen (secondary N) is 1. The molecule has 0 aromatic carbocycles. The molecule has 3 heterocycles. The van der Waals surface area contributed by atoms with E-state index in [4.69, 9.17) is 0 Å². The summed E-state index contributed by atoms with van der Waals surface area (Å²) in [7, 11) is 0. The maximum absolute atomic E-state index is 12.3. The van der Waals surface area contributed by atoms with Crippen molar-refractivity contribution in [2.75, 3.05) is 6.54 Å². The van der Waals surface area contributed by atoms with Crippen molar-refractivity contribution in [1.29, 1.82) is 0 Å². The lowest BCUT2D eigenvalue weighted by Crippen LogP contribution is -2.38. The second-order valence-corrected chi connectivity index (χ2v) is 6.40. The van der Waals surface area contributed by atoms with Gasteiger partial charge in [-0.25, -0.2) is 9.97 Å². The highest BCUT2D eigenvalue weighted by atomic mass is 16.2. The average Bonchev–Trinajstić information content (AvgIpc) is 2.82. The highest BCUT2D eigenvalue weighted by Crippen LogP contribution is 2.43. The lowest BCUT2D eigenvalue weighted by atomic mass is 9.73. The first-order valence-corrected chi connectivity index (χ1v) is 7.20. The summed E-state index contributed by atoms with van der Waals surface area (Å²) >= 11 is 0. The van der Waals surface area contributed by atoms with Crippen molar-refractivity contribution < 1.29 is 4.79 Å². The van der Waals surface area contributed by atoms with Crippen molar-refractivity contribution in [3.63, 3.8) is 0 Å². The normalized spacial score (nSPS) is 18.5. The lowest BCUT2D eigenvalue weighted by Gasteiger charge is -2.31. The predicted octanol–water partition coefficient (Wildman–Crippen LogP) is 1.23. The molecule has 4 rings (SSSR count). The fourth-order valence-electron chi connectivity index (χ4n) is 3.41. The first-order valence-electron chi connectivity index (χ1n) is 7.20. The van der Waals surface area contributed by atoms with Crippen molar-refractivity contribution in [1.82, 2.24) is 25.1 Å². The van der Waals surface area contributed by atoms with E-state index in [1.54, 1.807) is 0 Å². The van der Waals surface area contributed by atoms with E-state index in [2.05, 4.69) is 34.2 Å². The van der Waals surface area contributed by atoms with E-state index in [0.29, 0.717) is 18.8 Å². The summed E-state index contributed by atoms with van der Waals surface area (Å²) in [6.45, 7) is 7.52. The molecule has 0 saturated carbocycles. The summed E-state index contributed by atoms with van der Waals surface area (Å²) in [5, 5.41) is 7.60. The third kappa shape index (κ3) is 1.65. The van der Waals surface area contributed by atoms with Gasteiger partial charge < -0.3 is 5.32 Å². The molecule has 21 heavy (non-hydrogen) atoms. The van der Waals surface area contributed by atoms with Gasteiger partial charge in [-0.2, -0.15) is 5.10 Å². The maximum atomic E-state index is 12.3. The second kappa shape index (κ2) is 3.90. The standard InChI is InChI=1S/C15H17N5O/c1-8-17-7-9-6-15(2,3)10-12(11(9)18-8)19-20-5-4-16-14(21)13(10)20/h7H,4-6H2,1-3H3,(H,16,21). The van der Waals surface area contributed by atoms with Crippen LogP contribution in [0.25, 0.3) is 11.4 Å². The van der Waals surface area contributed by atoms with Crippen molar-refractivity contribution in [2.24, 2.45) is 0 Å². The minimum absolute atomic E-state index is 0.0303. The van der Waals surface area contributed by atoms with Gasteiger partial charge in [0, 0.05) is 18.3 Å². The van der Waals surface area contributed by atoms with Crippen LogP contribution in [0.3, 0.4) is 0 Å². The Labute approximate surface area is 122 Å². The molecule has 1 aliphatic carbocycles. The molecule has 2 aromatic rings. The van der Waals surface area contributed by atoms with E-state index < -0.39 is 0 Å². The summed E-state index contributed by atoms with van der Waals surface area (Å²) < 4.78 is 1.83. The lowest BCUT2D eigenvalue weighted by molar-refractivity contribution is 0.0921. The third-order valence-electron chi connectivity index (χ3n) is 4.30. The zero-order chi connectivity index (χ0) is 14.8. The average molecular weight is 283 g/mol. The molecule has 1 N–H and O–H groups in total. The summed E-state index contributed by atoms with van der Waals surface area (Å²) in [5.74, 6) is 0.701. The third-order valence-corrected chi connectivity index (χ3v) is 4.30. The smallest absolute Gasteiger partial charge is 0.269 e. The summed E-state index contributed by atoms with van der Waals surface area (Å²) in [5.41, 5.74) is 4.40. The van der Waals surface area contributed by atoms with E-state index in [9.17, 15) is 4.79 Å². The number of carbonyl (C=O) groups excluding carboxylic acids is 1. The van der Waals surface area contributed by atoms with E-state index in [0.717, 1.165) is 34.8 Å². The highest BCUT2D eigenvalue weighted by molar-refractivity contribution is 5.97. The van der Waals surface area contributed by atoms with Crippen LogP contribution in [-0.2, 0) is 18.4 Å².